The van der Waals surface area contributed by atoms with Crippen molar-refractivity contribution in [3.8, 4) is 22.3 Å². The predicted octanol–water partition coefficient (Wildman–Crippen LogP) is 9.81. The number of alkyl halides is 3. The van der Waals surface area contributed by atoms with Crippen LogP contribution in [0, 0.1) is 0 Å². The highest BCUT2D eigenvalue weighted by Crippen LogP contribution is 2.29. The van der Waals surface area contributed by atoms with Gasteiger partial charge < -0.3 is 9.47 Å². The molecule has 0 radical (unpaired) electrons. The van der Waals surface area contributed by atoms with E-state index in [0.717, 1.165) is 54.4 Å². The molecule has 3 rings (SSSR count). The zero-order chi connectivity index (χ0) is 29.8. The summed E-state index contributed by atoms with van der Waals surface area (Å²) < 4.78 is 50.3. The minimum atomic E-state index is -4.60. The van der Waals surface area contributed by atoms with Crippen LogP contribution in [0.1, 0.15) is 92.9 Å². The van der Waals surface area contributed by atoms with E-state index in [1.165, 1.54) is 12.1 Å². The van der Waals surface area contributed by atoms with Gasteiger partial charge in [0.2, 0.25) is 0 Å². The molecule has 3 aromatic carbocycles. The third-order valence-electron chi connectivity index (χ3n) is 7.00. The van der Waals surface area contributed by atoms with Gasteiger partial charge in [0, 0.05) is 0 Å². The summed E-state index contributed by atoms with van der Waals surface area (Å²) in [6.07, 6.45) is -1.13. The fraction of sp³-hybridized carbons (Fsp3) is 0.412. The second-order valence-corrected chi connectivity index (χ2v) is 10.4. The molecule has 0 aliphatic carbocycles. The molecule has 0 N–H and O–H groups in total. The van der Waals surface area contributed by atoms with E-state index in [0.29, 0.717) is 18.4 Å². The molecule has 0 bridgehead atoms. The number of esters is 2. The fourth-order valence-corrected chi connectivity index (χ4v) is 4.51. The van der Waals surface area contributed by atoms with Gasteiger partial charge in [-0.25, -0.2) is 9.59 Å². The van der Waals surface area contributed by atoms with E-state index in [1.807, 2.05) is 50.2 Å². The monoisotopic (exact) mass is 568 g/mol. The lowest BCUT2D eigenvalue weighted by Crippen LogP contribution is -2.33. The van der Waals surface area contributed by atoms with Crippen molar-refractivity contribution in [1.82, 2.24) is 0 Å². The highest BCUT2D eigenvalue weighted by atomic mass is 19.4. The molecule has 0 fully saturated rings. The van der Waals surface area contributed by atoms with Gasteiger partial charge in [-0.3, -0.25) is 0 Å². The topological polar surface area (TPSA) is 52.6 Å². The number of hydrogen-bond acceptors (Lipinski definition) is 4. The lowest BCUT2D eigenvalue weighted by Gasteiger charge is -2.20. The van der Waals surface area contributed by atoms with E-state index in [9.17, 15) is 22.8 Å². The lowest BCUT2D eigenvalue weighted by atomic mass is 9.99. The molecule has 0 aliphatic heterocycles. The molecule has 0 heterocycles. The summed E-state index contributed by atoms with van der Waals surface area (Å²) in [5.41, 5.74) is 4.19. The molecule has 220 valence electrons. The zero-order valence-electron chi connectivity index (χ0n) is 24.0. The van der Waals surface area contributed by atoms with E-state index in [-0.39, 0.29) is 24.1 Å². The smallest absolute Gasteiger partial charge is 0.425 e. The van der Waals surface area contributed by atoms with Crippen molar-refractivity contribution < 1.29 is 32.2 Å². The molecule has 0 spiro atoms. The SMILES string of the molecule is CCCCC[C@@H](C)OC(=O)c1ccc(-c2ccc(-c3ccc(C(=O)O[C@@H](CCCCC)C(F)(F)F)cc3)cc2)cc1. The number of rotatable bonds is 14. The summed E-state index contributed by atoms with van der Waals surface area (Å²) in [5.74, 6) is -1.31. The minimum absolute atomic E-state index is 0.0732. The molecular formula is C34H39F3O4. The van der Waals surface area contributed by atoms with Gasteiger partial charge in [0.05, 0.1) is 17.2 Å². The third kappa shape index (κ3) is 9.76. The average molecular weight is 569 g/mol. The Bertz CT molecular complexity index is 1230. The van der Waals surface area contributed by atoms with Crippen LogP contribution >= 0.6 is 0 Å². The van der Waals surface area contributed by atoms with Crippen LogP contribution in [0.5, 0.6) is 0 Å². The Morgan fingerprint density at radius 1 is 0.610 bits per heavy atom. The Hall–Kier alpha value is -3.61. The van der Waals surface area contributed by atoms with E-state index in [2.05, 4.69) is 6.92 Å². The van der Waals surface area contributed by atoms with Crippen molar-refractivity contribution in [3.63, 3.8) is 0 Å². The Kier molecular flexibility index (Phi) is 12.0. The fourth-order valence-electron chi connectivity index (χ4n) is 4.51. The van der Waals surface area contributed by atoms with Gasteiger partial charge in [-0.05, 0) is 79.1 Å². The average Bonchev–Trinajstić information content (AvgIpc) is 2.96. The van der Waals surface area contributed by atoms with Gasteiger partial charge in [-0.1, -0.05) is 88.1 Å². The van der Waals surface area contributed by atoms with Crippen molar-refractivity contribution in [1.29, 1.82) is 0 Å². The van der Waals surface area contributed by atoms with E-state index < -0.39 is 18.2 Å². The van der Waals surface area contributed by atoms with Gasteiger partial charge >= 0.3 is 18.1 Å². The van der Waals surface area contributed by atoms with E-state index >= 15 is 0 Å². The summed E-state index contributed by atoms with van der Waals surface area (Å²) in [5, 5.41) is 0. The zero-order valence-corrected chi connectivity index (χ0v) is 24.0. The standard InChI is InChI=1S/C34H39F3O4/c1-4-6-8-10-24(3)40-32(38)29-20-16-27(17-21-29)25-12-14-26(15-13-25)28-18-22-30(23-19-28)33(39)41-31(34(35,36)37)11-9-7-5-2/h12-24,31H,4-11H2,1-3H3/t24-,31+/m1/s1. The Morgan fingerprint density at radius 3 is 1.37 bits per heavy atom. The molecule has 0 saturated carbocycles. The molecule has 0 unspecified atom stereocenters. The second kappa shape index (κ2) is 15.4. The van der Waals surface area contributed by atoms with Crippen molar-refractivity contribution in [2.45, 2.75) is 90.5 Å². The largest absolute Gasteiger partial charge is 0.459 e. The first-order valence-corrected chi connectivity index (χ1v) is 14.4. The van der Waals surface area contributed by atoms with Crippen LogP contribution in [0.2, 0.25) is 0 Å². The summed E-state index contributed by atoms with van der Waals surface area (Å²) in [6, 6.07) is 21.4. The third-order valence-corrected chi connectivity index (χ3v) is 7.00. The maximum absolute atomic E-state index is 13.3. The van der Waals surface area contributed by atoms with Crippen LogP contribution in [0.3, 0.4) is 0 Å². The maximum atomic E-state index is 13.3. The van der Waals surface area contributed by atoms with Crippen LogP contribution in [0.15, 0.2) is 72.8 Å². The van der Waals surface area contributed by atoms with Crippen LogP contribution in [-0.2, 0) is 9.47 Å². The van der Waals surface area contributed by atoms with Gasteiger partial charge in [0.15, 0.2) is 6.10 Å². The molecule has 0 aliphatic rings. The first-order valence-electron chi connectivity index (χ1n) is 14.4. The summed E-state index contributed by atoms with van der Waals surface area (Å²) >= 11 is 0. The molecular weight excluding hydrogens is 529 g/mol. The summed E-state index contributed by atoms with van der Waals surface area (Å²) in [4.78, 5) is 24.9. The van der Waals surface area contributed by atoms with Crippen LogP contribution in [-0.4, -0.2) is 30.3 Å². The number of carbonyl (C=O) groups excluding carboxylic acids is 2. The number of halogens is 3. The summed E-state index contributed by atoms with van der Waals surface area (Å²) in [7, 11) is 0. The van der Waals surface area contributed by atoms with Crippen molar-refractivity contribution in [2.24, 2.45) is 0 Å². The molecule has 7 heteroatoms. The van der Waals surface area contributed by atoms with Crippen molar-refractivity contribution in [3.05, 3.63) is 83.9 Å². The number of hydrogen-bond donors (Lipinski definition) is 0. The molecule has 41 heavy (non-hydrogen) atoms. The maximum Gasteiger partial charge on any atom is 0.425 e. The van der Waals surface area contributed by atoms with Gasteiger partial charge in [-0.2, -0.15) is 13.2 Å². The Morgan fingerprint density at radius 2 is 0.976 bits per heavy atom. The number of ether oxygens (including phenoxy) is 2. The molecule has 2 atom stereocenters. The van der Waals surface area contributed by atoms with Gasteiger partial charge in [0.1, 0.15) is 0 Å². The number of benzene rings is 3. The highest BCUT2D eigenvalue weighted by molar-refractivity contribution is 5.91. The number of carbonyl (C=O) groups is 2. The quantitative estimate of drug-likeness (QED) is 0.143. The highest BCUT2D eigenvalue weighted by Gasteiger charge is 2.42. The van der Waals surface area contributed by atoms with Gasteiger partial charge in [0.25, 0.3) is 0 Å². The van der Waals surface area contributed by atoms with Crippen molar-refractivity contribution >= 4 is 11.9 Å². The van der Waals surface area contributed by atoms with Crippen LogP contribution in [0.4, 0.5) is 13.2 Å². The minimum Gasteiger partial charge on any atom is -0.459 e. The molecule has 3 aromatic rings. The lowest BCUT2D eigenvalue weighted by molar-refractivity contribution is -0.206. The first kappa shape index (κ1) is 31.9. The number of unbranched alkanes of at least 4 members (excludes halogenated alkanes) is 4. The Labute approximate surface area is 240 Å². The molecule has 0 saturated heterocycles. The second-order valence-electron chi connectivity index (χ2n) is 10.4. The molecule has 4 nitrogen and oxygen atoms in total. The van der Waals surface area contributed by atoms with E-state index in [4.69, 9.17) is 9.47 Å². The van der Waals surface area contributed by atoms with Crippen molar-refractivity contribution in [2.75, 3.05) is 0 Å². The molecule has 0 aromatic heterocycles. The molecule has 0 amide bonds. The first-order chi connectivity index (χ1) is 19.6. The normalized spacial score (nSPS) is 12.9. The van der Waals surface area contributed by atoms with E-state index in [1.54, 1.807) is 24.3 Å². The van der Waals surface area contributed by atoms with Gasteiger partial charge in [-0.15, -0.1) is 0 Å². The summed E-state index contributed by atoms with van der Waals surface area (Å²) in [6.45, 7) is 5.96. The van der Waals surface area contributed by atoms with Crippen LogP contribution < -0.4 is 0 Å². The Balaban J connectivity index is 1.60. The van der Waals surface area contributed by atoms with Crippen LogP contribution in [0.25, 0.3) is 22.3 Å². The predicted molar refractivity (Wildman–Crippen MR) is 156 cm³/mol.